The van der Waals surface area contributed by atoms with E-state index in [1.807, 2.05) is 31.1 Å². The lowest BCUT2D eigenvalue weighted by Gasteiger charge is -2.27. The summed E-state index contributed by atoms with van der Waals surface area (Å²) in [6.07, 6.45) is 6.69. The van der Waals surface area contributed by atoms with Crippen LogP contribution in [0.5, 0.6) is 0 Å². The SMILES string of the molecule is CN(C)CCN(C[C@H]1CCCO1)C(=O)NCCc1ccncc1. The molecule has 2 rings (SSSR count). The molecule has 0 radical (unpaired) electrons. The Hall–Kier alpha value is -1.66. The number of hydrogen-bond acceptors (Lipinski definition) is 4. The maximum Gasteiger partial charge on any atom is 0.317 e. The van der Waals surface area contributed by atoms with Crippen LogP contribution in [0.4, 0.5) is 4.79 Å². The number of nitrogens with one attached hydrogen (secondary N) is 1. The van der Waals surface area contributed by atoms with Crippen molar-refractivity contribution in [2.24, 2.45) is 0 Å². The first-order chi connectivity index (χ1) is 11.1. The summed E-state index contributed by atoms with van der Waals surface area (Å²) in [4.78, 5) is 20.4. The predicted octanol–water partition coefficient (Wildman–Crippen LogP) is 1.38. The Balaban J connectivity index is 1.79. The Morgan fingerprint density at radius 3 is 2.78 bits per heavy atom. The van der Waals surface area contributed by atoms with Gasteiger partial charge in [-0.1, -0.05) is 0 Å². The molecule has 1 N–H and O–H groups in total. The van der Waals surface area contributed by atoms with Gasteiger partial charge in [0, 0.05) is 45.2 Å². The fourth-order valence-electron chi connectivity index (χ4n) is 2.61. The third kappa shape index (κ3) is 6.54. The first-order valence-electron chi connectivity index (χ1n) is 8.33. The lowest BCUT2D eigenvalue weighted by molar-refractivity contribution is 0.0796. The molecule has 1 saturated heterocycles. The molecule has 1 aromatic heterocycles. The van der Waals surface area contributed by atoms with Crippen molar-refractivity contribution in [1.82, 2.24) is 20.1 Å². The van der Waals surface area contributed by atoms with Gasteiger partial charge in [-0.05, 0) is 51.1 Å². The smallest absolute Gasteiger partial charge is 0.317 e. The van der Waals surface area contributed by atoms with Gasteiger partial charge in [0.2, 0.25) is 0 Å². The molecule has 0 aliphatic carbocycles. The molecule has 6 nitrogen and oxygen atoms in total. The highest BCUT2D eigenvalue weighted by Gasteiger charge is 2.22. The summed E-state index contributed by atoms with van der Waals surface area (Å²) in [6.45, 7) is 3.69. The number of carbonyl (C=O) groups excluding carboxylic acids is 1. The third-order valence-corrected chi connectivity index (χ3v) is 3.99. The molecule has 23 heavy (non-hydrogen) atoms. The van der Waals surface area contributed by atoms with Crippen LogP contribution in [0.1, 0.15) is 18.4 Å². The van der Waals surface area contributed by atoms with Crippen LogP contribution in [0.3, 0.4) is 0 Å². The molecule has 1 aliphatic rings. The standard InChI is InChI=1S/C17H28N4O2/c1-20(2)11-12-21(14-16-4-3-13-23-16)17(22)19-10-7-15-5-8-18-9-6-15/h5-6,8-9,16H,3-4,7,10-14H2,1-2H3,(H,19,22)/t16-/m1/s1. The average Bonchev–Trinajstić information content (AvgIpc) is 3.05. The number of carbonyl (C=O) groups is 1. The molecular formula is C17H28N4O2. The molecule has 0 aromatic carbocycles. The molecule has 2 heterocycles. The van der Waals surface area contributed by atoms with E-state index in [0.29, 0.717) is 19.6 Å². The molecule has 1 aromatic rings. The van der Waals surface area contributed by atoms with Gasteiger partial charge in [0.25, 0.3) is 0 Å². The summed E-state index contributed by atoms with van der Waals surface area (Å²) < 4.78 is 5.67. The van der Waals surface area contributed by atoms with E-state index in [4.69, 9.17) is 4.74 Å². The number of urea groups is 1. The van der Waals surface area contributed by atoms with Crippen LogP contribution < -0.4 is 5.32 Å². The van der Waals surface area contributed by atoms with E-state index in [1.54, 1.807) is 12.4 Å². The Kier molecular flexibility index (Phi) is 7.29. The Morgan fingerprint density at radius 1 is 1.35 bits per heavy atom. The van der Waals surface area contributed by atoms with Crippen LogP contribution >= 0.6 is 0 Å². The van der Waals surface area contributed by atoms with Crippen LogP contribution in [-0.4, -0.2) is 73.8 Å². The minimum absolute atomic E-state index is 0.00333. The van der Waals surface area contributed by atoms with Crippen molar-refractivity contribution in [2.45, 2.75) is 25.4 Å². The first-order valence-corrected chi connectivity index (χ1v) is 8.33. The van der Waals surface area contributed by atoms with Gasteiger partial charge < -0.3 is 19.9 Å². The second-order valence-corrected chi connectivity index (χ2v) is 6.22. The summed E-state index contributed by atoms with van der Waals surface area (Å²) in [5, 5.41) is 3.02. The highest BCUT2D eigenvalue weighted by atomic mass is 16.5. The largest absolute Gasteiger partial charge is 0.376 e. The lowest BCUT2D eigenvalue weighted by atomic mass is 10.2. The number of aromatic nitrogens is 1. The fraction of sp³-hybridized carbons (Fsp3) is 0.647. The molecule has 0 spiro atoms. The minimum Gasteiger partial charge on any atom is -0.376 e. The number of nitrogens with zero attached hydrogens (tertiary/aromatic N) is 3. The molecule has 128 valence electrons. The van der Waals surface area contributed by atoms with Gasteiger partial charge in [0.15, 0.2) is 0 Å². The van der Waals surface area contributed by atoms with Gasteiger partial charge in [-0.25, -0.2) is 4.79 Å². The Bertz CT molecular complexity index is 461. The van der Waals surface area contributed by atoms with Crippen molar-refractivity contribution >= 4 is 6.03 Å². The molecular weight excluding hydrogens is 292 g/mol. The zero-order valence-corrected chi connectivity index (χ0v) is 14.2. The third-order valence-electron chi connectivity index (χ3n) is 3.99. The zero-order chi connectivity index (χ0) is 16.5. The predicted molar refractivity (Wildman–Crippen MR) is 90.4 cm³/mol. The summed E-state index contributed by atoms with van der Waals surface area (Å²) in [6, 6.07) is 3.95. The van der Waals surface area contributed by atoms with Crippen molar-refractivity contribution in [3.8, 4) is 0 Å². The lowest BCUT2D eigenvalue weighted by Crippen LogP contribution is -2.46. The van der Waals surface area contributed by atoms with E-state index < -0.39 is 0 Å². The minimum atomic E-state index is -0.00333. The fourth-order valence-corrected chi connectivity index (χ4v) is 2.61. The van der Waals surface area contributed by atoms with Crippen molar-refractivity contribution in [2.75, 3.05) is 46.9 Å². The highest BCUT2D eigenvalue weighted by molar-refractivity contribution is 5.74. The maximum atomic E-state index is 12.5. The van der Waals surface area contributed by atoms with Gasteiger partial charge in [-0.2, -0.15) is 0 Å². The zero-order valence-electron chi connectivity index (χ0n) is 14.2. The van der Waals surface area contributed by atoms with E-state index >= 15 is 0 Å². The number of rotatable bonds is 8. The number of hydrogen-bond donors (Lipinski definition) is 1. The molecule has 2 amide bonds. The molecule has 1 fully saturated rings. The molecule has 6 heteroatoms. The monoisotopic (exact) mass is 320 g/mol. The van der Waals surface area contributed by atoms with Gasteiger partial charge in [-0.15, -0.1) is 0 Å². The molecule has 1 atom stereocenters. The number of pyridine rings is 1. The molecule has 1 aliphatic heterocycles. The van der Waals surface area contributed by atoms with Crippen LogP contribution in [0.2, 0.25) is 0 Å². The van der Waals surface area contributed by atoms with E-state index in [9.17, 15) is 4.79 Å². The van der Waals surface area contributed by atoms with Gasteiger partial charge >= 0.3 is 6.03 Å². The summed E-state index contributed by atoms with van der Waals surface area (Å²) in [5.74, 6) is 0. The second-order valence-electron chi connectivity index (χ2n) is 6.22. The number of likely N-dealkylation sites (N-methyl/N-ethyl adjacent to an activating group) is 1. The van der Waals surface area contributed by atoms with E-state index in [-0.39, 0.29) is 12.1 Å². The van der Waals surface area contributed by atoms with Crippen LogP contribution in [-0.2, 0) is 11.2 Å². The summed E-state index contributed by atoms with van der Waals surface area (Å²) >= 11 is 0. The number of amides is 2. The highest BCUT2D eigenvalue weighted by Crippen LogP contribution is 2.13. The molecule has 0 bridgehead atoms. The van der Waals surface area contributed by atoms with Gasteiger partial charge in [0.05, 0.1) is 6.10 Å². The van der Waals surface area contributed by atoms with E-state index in [0.717, 1.165) is 32.4 Å². The Morgan fingerprint density at radius 2 is 2.13 bits per heavy atom. The Labute approximate surface area is 138 Å². The van der Waals surface area contributed by atoms with E-state index in [2.05, 4.69) is 15.2 Å². The number of ether oxygens (including phenoxy) is 1. The topological polar surface area (TPSA) is 57.7 Å². The van der Waals surface area contributed by atoms with Crippen LogP contribution in [0, 0.1) is 0 Å². The van der Waals surface area contributed by atoms with E-state index in [1.165, 1.54) is 5.56 Å². The van der Waals surface area contributed by atoms with Gasteiger partial charge in [-0.3, -0.25) is 4.98 Å². The molecule has 0 unspecified atom stereocenters. The van der Waals surface area contributed by atoms with Crippen molar-refractivity contribution in [3.63, 3.8) is 0 Å². The van der Waals surface area contributed by atoms with Crippen LogP contribution in [0.15, 0.2) is 24.5 Å². The van der Waals surface area contributed by atoms with Crippen molar-refractivity contribution in [1.29, 1.82) is 0 Å². The van der Waals surface area contributed by atoms with Crippen molar-refractivity contribution < 1.29 is 9.53 Å². The summed E-state index contributed by atoms with van der Waals surface area (Å²) in [7, 11) is 4.04. The van der Waals surface area contributed by atoms with Gasteiger partial charge in [0.1, 0.15) is 0 Å². The van der Waals surface area contributed by atoms with Crippen LogP contribution in [0.25, 0.3) is 0 Å². The van der Waals surface area contributed by atoms with Crippen molar-refractivity contribution in [3.05, 3.63) is 30.1 Å². The second kappa shape index (κ2) is 9.47. The molecule has 0 saturated carbocycles. The first kappa shape index (κ1) is 17.7. The quantitative estimate of drug-likeness (QED) is 0.786. The maximum absolute atomic E-state index is 12.5. The average molecular weight is 320 g/mol. The normalized spacial score (nSPS) is 17.4. The summed E-state index contributed by atoms with van der Waals surface area (Å²) in [5.41, 5.74) is 1.18.